The van der Waals surface area contributed by atoms with E-state index in [0.29, 0.717) is 6.54 Å². The second kappa shape index (κ2) is 7.23. The van der Waals surface area contributed by atoms with E-state index < -0.39 is 6.10 Å². The first-order chi connectivity index (χ1) is 15.2. The topological polar surface area (TPSA) is 37.5 Å². The minimum Gasteiger partial charge on any atom is -0.390 e. The van der Waals surface area contributed by atoms with Gasteiger partial charge in [0.2, 0.25) is 0 Å². The van der Waals surface area contributed by atoms with Crippen LogP contribution in [0.1, 0.15) is 11.3 Å². The molecule has 0 radical (unpaired) electrons. The van der Waals surface area contributed by atoms with Crippen LogP contribution >= 0.6 is 11.6 Å². The highest BCUT2D eigenvalue weighted by Crippen LogP contribution is 2.34. The molecule has 0 spiro atoms. The molecule has 1 aliphatic heterocycles. The van der Waals surface area contributed by atoms with Crippen LogP contribution in [0.25, 0.3) is 33.7 Å². The van der Waals surface area contributed by atoms with E-state index in [4.69, 9.17) is 16.6 Å². The van der Waals surface area contributed by atoms with Crippen molar-refractivity contribution in [3.8, 4) is 11.1 Å². The molecular weight excluding hydrogens is 404 g/mol. The van der Waals surface area contributed by atoms with E-state index >= 15 is 0 Å². The Labute approximate surface area is 185 Å². The lowest BCUT2D eigenvalue weighted by atomic mass is 9.94. The fourth-order valence-corrected chi connectivity index (χ4v) is 4.93. The molecule has 2 heterocycles. The smallest absolute Gasteiger partial charge is 0.0854 e. The van der Waals surface area contributed by atoms with E-state index in [9.17, 15) is 5.11 Å². The second-order valence-corrected chi connectivity index (χ2v) is 8.50. The molecule has 1 aliphatic carbocycles. The average molecular weight is 425 g/mol. The number of benzene rings is 3. The van der Waals surface area contributed by atoms with Crippen molar-refractivity contribution in [1.82, 2.24) is 4.57 Å². The average Bonchev–Trinajstić information content (AvgIpc) is 3.34. The zero-order valence-electron chi connectivity index (χ0n) is 16.9. The Hall–Kier alpha value is -3.14. The Kier molecular flexibility index (Phi) is 4.34. The fraction of sp³-hybridized carbons (Fsp3) is 0.148. The van der Waals surface area contributed by atoms with Crippen LogP contribution in [0, 0.1) is 0 Å². The van der Waals surface area contributed by atoms with Gasteiger partial charge in [0.05, 0.1) is 29.6 Å². The molecule has 1 atom stereocenters. The zero-order chi connectivity index (χ0) is 20.9. The Morgan fingerprint density at radius 1 is 0.968 bits per heavy atom. The van der Waals surface area contributed by atoms with E-state index in [2.05, 4.69) is 71.3 Å². The number of aromatic nitrogens is 1. The summed E-state index contributed by atoms with van der Waals surface area (Å²) < 4.78 is 2.20. The van der Waals surface area contributed by atoms with Crippen LogP contribution in [0.5, 0.6) is 0 Å². The molecule has 0 saturated heterocycles. The summed E-state index contributed by atoms with van der Waals surface area (Å²) in [6.07, 6.45) is 4.68. The van der Waals surface area contributed by atoms with Gasteiger partial charge in [0.1, 0.15) is 0 Å². The third-order valence-electron chi connectivity index (χ3n) is 6.30. The lowest BCUT2D eigenvalue weighted by Gasteiger charge is -2.15. The first-order valence-electron chi connectivity index (χ1n) is 10.6. The monoisotopic (exact) mass is 424 g/mol. The molecule has 4 aromatic rings. The number of para-hydroxylation sites is 2. The maximum atomic E-state index is 10.2. The number of aliphatic hydroxyl groups is 1. The van der Waals surface area contributed by atoms with Crippen molar-refractivity contribution >= 4 is 39.8 Å². The predicted octanol–water partition coefficient (Wildman–Crippen LogP) is 4.59. The molecule has 31 heavy (non-hydrogen) atoms. The molecule has 1 aromatic heterocycles. The Morgan fingerprint density at radius 3 is 2.71 bits per heavy atom. The lowest BCUT2D eigenvalue weighted by Crippen LogP contribution is -2.19. The van der Waals surface area contributed by atoms with Crippen LogP contribution in [-0.4, -0.2) is 21.7 Å². The van der Waals surface area contributed by atoms with Gasteiger partial charge in [-0.2, -0.15) is 0 Å². The van der Waals surface area contributed by atoms with Crippen LogP contribution in [0.2, 0.25) is 0 Å². The summed E-state index contributed by atoms with van der Waals surface area (Å²) in [6, 6.07) is 23.3. The predicted molar refractivity (Wildman–Crippen MR) is 127 cm³/mol. The van der Waals surface area contributed by atoms with Crippen molar-refractivity contribution in [2.45, 2.75) is 19.1 Å². The van der Waals surface area contributed by atoms with Crippen molar-refractivity contribution in [2.24, 2.45) is 4.99 Å². The van der Waals surface area contributed by atoms with Gasteiger partial charge in [-0.15, -0.1) is 11.6 Å². The summed E-state index contributed by atoms with van der Waals surface area (Å²) in [5, 5.41) is 13.7. The summed E-state index contributed by atoms with van der Waals surface area (Å²) in [6.45, 7) is 0.496. The van der Waals surface area contributed by atoms with E-state index in [1.807, 2.05) is 12.1 Å². The molecule has 4 heteroatoms. The van der Waals surface area contributed by atoms with Crippen LogP contribution in [0.4, 0.5) is 5.69 Å². The number of hydrogen-bond acceptors (Lipinski definition) is 2. The number of fused-ring (bicyclic) bond motifs is 6. The number of hydrogen-bond donors (Lipinski definition) is 1. The third kappa shape index (κ3) is 2.96. The number of aliphatic hydroxyl groups excluding tert-OH is 1. The van der Waals surface area contributed by atoms with E-state index in [-0.39, 0.29) is 5.88 Å². The highest BCUT2D eigenvalue weighted by Gasteiger charge is 2.21. The summed E-state index contributed by atoms with van der Waals surface area (Å²) in [4.78, 5) is 4.75. The molecule has 2 aliphatic rings. The normalized spacial score (nSPS) is 16.6. The molecule has 0 fully saturated rings. The Bertz CT molecular complexity index is 1500. The number of alkyl halides is 1. The van der Waals surface area contributed by atoms with Crippen molar-refractivity contribution in [3.63, 3.8) is 0 Å². The molecule has 3 nitrogen and oxygen atoms in total. The zero-order valence-corrected chi connectivity index (χ0v) is 17.7. The summed E-state index contributed by atoms with van der Waals surface area (Å²) in [7, 11) is 0. The van der Waals surface area contributed by atoms with Crippen LogP contribution < -0.4 is 10.6 Å². The molecule has 152 valence electrons. The summed E-state index contributed by atoms with van der Waals surface area (Å²) >= 11 is 5.90. The standard InChI is InChI=1S/C27H21ClN2O/c28-15-19(31)16-30-26-8-4-2-6-21(26)23-14-18(10-12-27(23)30)17-9-11-25-22(13-17)20-5-1-3-7-24(20)29-25/h1-13,19,31H,14-16H2. The van der Waals surface area contributed by atoms with Crippen molar-refractivity contribution in [3.05, 3.63) is 94.6 Å². The van der Waals surface area contributed by atoms with E-state index in [1.165, 1.54) is 32.9 Å². The van der Waals surface area contributed by atoms with Gasteiger partial charge in [0.25, 0.3) is 0 Å². The molecule has 1 N–H and O–H groups in total. The third-order valence-corrected chi connectivity index (χ3v) is 6.66. The molecule has 1 unspecified atom stereocenters. The van der Waals surface area contributed by atoms with Crippen molar-refractivity contribution in [1.29, 1.82) is 0 Å². The SMILES string of the molecule is OC(CCl)Cn1c2c(c3ccccc31)CC(=c1ccc3c(c1)-c1ccccc1N=3)C=C2. The van der Waals surface area contributed by atoms with Gasteiger partial charge < -0.3 is 9.67 Å². The van der Waals surface area contributed by atoms with E-state index in [1.54, 1.807) is 0 Å². The minimum atomic E-state index is -0.569. The quantitative estimate of drug-likeness (QED) is 0.422. The maximum absolute atomic E-state index is 10.2. The Morgan fingerprint density at radius 2 is 1.81 bits per heavy atom. The van der Waals surface area contributed by atoms with Crippen LogP contribution in [0.15, 0.2) is 77.8 Å². The fourth-order valence-electron chi connectivity index (χ4n) is 4.83. The largest absolute Gasteiger partial charge is 0.390 e. The van der Waals surface area contributed by atoms with Gasteiger partial charge in [-0.1, -0.05) is 48.5 Å². The molecule has 0 saturated carbocycles. The van der Waals surface area contributed by atoms with Gasteiger partial charge >= 0.3 is 0 Å². The van der Waals surface area contributed by atoms with Gasteiger partial charge in [-0.05, 0) is 46.7 Å². The van der Waals surface area contributed by atoms with Crippen molar-refractivity contribution in [2.75, 3.05) is 5.88 Å². The number of nitrogens with zero attached hydrogens (tertiary/aromatic N) is 2. The summed E-state index contributed by atoms with van der Waals surface area (Å²) in [5.41, 5.74) is 8.35. The molecule has 0 bridgehead atoms. The number of allylic oxidation sites excluding steroid dienone is 1. The van der Waals surface area contributed by atoms with E-state index in [0.717, 1.165) is 28.7 Å². The van der Waals surface area contributed by atoms with Gasteiger partial charge in [-0.3, -0.25) is 0 Å². The number of rotatable bonds is 3. The minimum absolute atomic E-state index is 0.226. The lowest BCUT2D eigenvalue weighted by molar-refractivity contribution is 0.178. The maximum Gasteiger partial charge on any atom is 0.0854 e. The Balaban J connectivity index is 1.50. The molecule has 3 aromatic carbocycles. The second-order valence-electron chi connectivity index (χ2n) is 8.20. The first kappa shape index (κ1) is 18.6. The van der Waals surface area contributed by atoms with Gasteiger partial charge in [0.15, 0.2) is 0 Å². The summed E-state index contributed by atoms with van der Waals surface area (Å²) in [5.74, 6) is 0.226. The van der Waals surface area contributed by atoms with Gasteiger partial charge in [-0.25, -0.2) is 4.99 Å². The number of halogens is 1. The molecule has 6 rings (SSSR count). The van der Waals surface area contributed by atoms with Crippen LogP contribution in [-0.2, 0) is 13.0 Å². The first-order valence-corrected chi connectivity index (χ1v) is 11.1. The van der Waals surface area contributed by atoms with Gasteiger partial charge in [0, 0.05) is 34.1 Å². The highest BCUT2D eigenvalue weighted by atomic mass is 35.5. The van der Waals surface area contributed by atoms with Crippen LogP contribution in [0.3, 0.4) is 0 Å². The highest BCUT2D eigenvalue weighted by molar-refractivity contribution is 6.18. The molecule has 0 amide bonds. The molecular formula is C27H21ClN2O. The van der Waals surface area contributed by atoms with Crippen molar-refractivity contribution < 1.29 is 5.11 Å².